The highest BCUT2D eigenvalue weighted by Crippen LogP contribution is 2.15. The standard InChI is InChI=1S/C14H9BrF2N2O/c15-12-4-2-1-3-11(12)14(20)19-18-8-9-5-6-10(16)7-13(9)17/h1-8H,(H,19,20). The molecule has 20 heavy (non-hydrogen) atoms. The van der Waals surface area contributed by atoms with Crippen molar-refractivity contribution in [2.24, 2.45) is 5.10 Å². The van der Waals surface area contributed by atoms with Gasteiger partial charge in [-0.2, -0.15) is 5.10 Å². The molecular formula is C14H9BrF2N2O. The minimum absolute atomic E-state index is 0.0822. The van der Waals surface area contributed by atoms with Crippen LogP contribution in [0.25, 0.3) is 0 Å². The van der Waals surface area contributed by atoms with E-state index in [1.165, 1.54) is 6.07 Å². The Morgan fingerprint density at radius 1 is 1.20 bits per heavy atom. The van der Waals surface area contributed by atoms with Gasteiger partial charge in [-0.05, 0) is 40.2 Å². The predicted octanol–water partition coefficient (Wildman–Crippen LogP) is 3.49. The Hall–Kier alpha value is -2.08. The van der Waals surface area contributed by atoms with Crippen LogP contribution in [-0.4, -0.2) is 12.1 Å². The molecule has 1 amide bonds. The van der Waals surface area contributed by atoms with Crippen LogP contribution in [0.2, 0.25) is 0 Å². The molecular weight excluding hydrogens is 330 g/mol. The van der Waals surface area contributed by atoms with Gasteiger partial charge in [0, 0.05) is 16.1 Å². The molecule has 2 rings (SSSR count). The van der Waals surface area contributed by atoms with E-state index in [4.69, 9.17) is 0 Å². The van der Waals surface area contributed by atoms with Gasteiger partial charge in [0.25, 0.3) is 5.91 Å². The van der Waals surface area contributed by atoms with Gasteiger partial charge < -0.3 is 0 Å². The molecule has 0 spiro atoms. The molecule has 0 radical (unpaired) electrons. The maximum atomic E-state index is 13.3. The van der Waals surface area contributed by atoms with E-state index >= 15 is 0 Å². The molecule has 0 saturated heterocycles. The summed E-state index contributed by atoms with van der Waals surface area (Å²) in [5, 5.41) is 3.64. The minimum Gasteiger partial charge on any atom is -0.267 e. The number of nitrogens with one attached hydrogen (secondary N) is 1. The van der Waals surface area contributed by atoms with E-state index in [-0.39, 0.29) is 5.56 Å². The van der Waals surface area contributed by atoms with Gasteiger partial charge in [0.05, 0.1) is 11.8 Å². The number of benzene rings is 2. The lowest BCUT2D eigenvalue weighted by Gasteiger charge is -2.02. The summed E-state index contributed by atoms with van der Waals surface area (Å²) in [5.74, 6) is -1.85. The van der Waals surface area contributed by atoms with Crippen molar-refractivity contribution < 1.29 is 13.6 Å². The number of hydrogen-bond acceptors (Lipinski definition) is 2. The first-order chi connectivity index (χ1) is 9.58. The summed E-state index contributed by atoms with van der Waals surface area (Å²) in [7, 11) is 0. The number of carbonyl (C=O) groups is 1. The van der Waals surface area contributed by atoms with Crippen molar-refractivity contribution in [1.29, 1.82) is 0 Å². The Kier molecular flexibility index (Phi) is 4.57. The molecule has 1 N–H and O–H groups in total. The Balaban J connectivity index is 2.07. The molecule has 0 saturated carbocycles. The van der Waals surface area contributed by atoms with E-state index in [0.29, 0.717) is 10.0 Å². The van der Waals surface area contributed by atoms with Gasteiger partial charge in [-0.1, -0.05) is 12.1 Å². The van der Waals surface area contributed by atoms with Gasteiger partial charge in [0.2, 0.25) is 0 Å². The van der Waals surface area contributed by atoms with Crippen molar-refractivity contribution in [3.63, 3.8) is 0 Å². The number of hydrazone groups is 1. The fourth-order valence-corrected chi connectivity index (χ4v) is 1.94. The van der Waals surface area contributed by atoms with Crippen molar-refractivity contribution in [2.75, 3.05) is 0 Å². The van der Waals surface area contributed by atoms with E-state index in [1.54, 1.807) is 24.3 Å². The molecule has 6 heteroatoms. The van der Waals surface area contributed by atoms with E-state index in [9.17, 15) is 13.6 Å². The number of amides is 1. The van der Waals surface area contributed by atoms with Crippen molar-refractivity contribution in [3.8, 4) is 0 Å². The summed E-state index contributed by atoms with van der Waals surface area (Å²) in [6.07, 6.45) is 1.11. The maximum absolute atomic E-state index is 13.3. The lowest BCUT2D eigenvalue weighted by Crippen LogP contribution is -2.18. The average Bonchev–Trinajstić information content (AvgIpc) is 2.41. The van der Waals surface area contributed by atoms with E-state index in [2.05, 4.69) is 26.5 Å². The SMILES string of the molecule is O=C(NN=Cc1ccc(F)cc1F)c1ccccc1Br. The molecule has 3 nitrogen and oxygen atoms in total. The Bertz CT molecular complexity index is 674. The van der Waals surface area contributed by atoms with Gasteiger partial charge >= 0.3 is 0 Å². The molecule has 0 aliphatic carbocycles. The van der Waals surface area contributed by atoms with Crippen LogP contribution in [-0.2, 0) is 0 Å². The highest BCUT2D eigenvalue weighted by atomic mass is 79.9. The summed E-state index contributed by atoms with van der Waals surface area (Å²) in [6.45, 7) is 0. The second-order valence-electron chi connectivity index (χ2n) is 3.84. The zero-order valence-electron chi connectivity index (χ0n) is 10.1. The summed E-state index contributed by atoms with van der Waals surface area (Å²) in [4.78, 5) is 11.8. The summed E-state index contributed by atoms with van der Waals surface area (Å²) < 4.78 is 26.6. The van der Waals surface area contributed by atoms with Gasteiger partial charge in [0.15, 0.2) is 0 Å². The van der Waals surface area contributed by atoms with Crippen LogP contribution in [0.1, 0.15) is 15.9 Å². The van der Waals surface area contributed by atoms with Crippen LogP contribution in [0.4, 0.5) is 8.78 Å². The second-order valence-corrected chi connectivity index (χ2v) is 4.70. The molecule has 0 heterocycles. The zero-order chi connectivity index (χ0) is 14.5. The van der Waals surface area contributed by atoms with E-state index in [1.807, 2.05) is 0 Å². The van der Waals surface area contributed by atoms with E-state index in [0.717, 1.165) is 18.3 Å². The molecule has 2 aromatic carbocycles. The Morgan fingerprint density at radius 3 is 2.65 bits per heavy atom. The van der Waals surface area contributed by atoms with Crippen LogP contribution in [0.5, 0.6) is 0 Å². The smallest absolute Gasteiger partial charge is 0.267 e. The predicted molar refractivity (Wildman–Crippen MR) is 75.6 cm³/mol. The molecule has 102 valence electrons. The van der Waals surface area contributed by atoms with Crippen LogP contribution in [0.3, 0.4) is 0 Å². The molecule has 0 aromatic heterocycles. The Labute approximate surface area is 122 Å². The van der Waals surface area contributed by atoms with Gasteiger partial charge in [-0.3, -0.25) is 4.79 Å². The quantitative estimate of drug-likeness (QED) is 0.675. The number of nitrogens with zero attached hydrogens (tertiary/aromatic N) is 1. The second kappa shape index (κ2) is 6.38. The zero-order valence-corrected chi connectivity index (χ0v) is 11.7. The first-order valence-corrected chi connectivity index (χ1v) is 6.40. The summed E-state index contributed by atoms with van der Waals surface area (Å²) in [5.41, 5.74) is 2.76. The fraction of sp³-hybridized carbons (Fsp3) is 0. The van der Waals surface area contributed by atoms with E-state index < -0.39 is 17.5 Å². The molecule has 0 aliphatic heterocycles. The first-order valence-electron chi connectivity index (χ1n) is 5.61. The maximum Gasteiger partial charge on any atom is 0.272 e. The van der Waals surface area contributed by atoms with Gasteiger partial charge in [0.1, 0.15) is 11.6 Å². The first kappa shape index (κ1) is 14.3. The topological polar surface area (TPSA) is 41.5 Å². The van der Waals surface area contributed by atoms with Gasteiger partial charge in [-0.25, -0.2) is 14.2 Å². The Morgan fingerprint density at radius 2 is 1.95 bits per heavy atom. The highest BCUT2D eigenvalue weighted by molar-refractivity contribution is 9.10. The van der Waals surface area contributed by atoms with Crippen molar-refractivity contribution >= 4 is 28.1 Å². The third-order valence-corrected chi connectivity index (χ3v) is 3.14. The van der Waals surface area contributed by atoms with Gasteiger partial charge in [-0.15, -0.1) is 0 Å². The van der Waals surface area contributed by atoms with Crippen molar-refractivity contribution in [3.05, 3.63) is 69.7 Å². The number of carbonyl (C=O) groups excluding carboxylic acids is 1. The minimum atomic E-state index is -0.746. The molecule has 0 aliphatic rings. The highest BCUT2D eigenvalue weighted by Gasteiger charge is 2.07. The molecule has 0 atom stereocenters. The van der Waals surface area contributed by atoms with Crippen LogP contribution in [0.15, 0.2) is 52.0 Å². The summed E-state index contributed by atoms with van der Waals surface area (Å²) >= 11 is 3.24. The lowest BCUT2D eigenvalue weighted by atomic mass is 10.2. The normalized spacial score (nSPS) is 10.8. The molecule has 0 bridgehead atoms. The van der Waals surface area contributed by atoms with Crippen LogP contribution in [0, 0.1) is 11.6 Å². The summed E-state index contributed by atoms with van der Waals surface area (Å²) in [6, 6.07) is 9.92. The number of halogens is 3. The lowest BCUT2D eigenvalue weighted by molar-refractivity contribution is 0.0954. The van der Waals surface area contributed by atoms with Crippen LogP contribution < -0.4 is 5.43 Å². The third kappa shape index (κ3) is 3.48. The largest absolute Gasteiger partial charge is 0.272 e. The molecule has 0 fully saturated rings. The fourth-order valence-electron chi connectivity index (χ4n) is 1.47. The number of rotatable bonds is 3. The van der Waals surface area contributed by atoms with Crippen molar-refractivity contribution in [2.45, 2.75) is 0 Å². The molecule has 0 unspecified atom stereocenters. The van der Waals surface area contributed by atoms with Crippen molar-refractivity contribution in [1.82, 2.24) is 5.43 Å². The average molecular weight is 339 g/mol. The third-order valence-electron chi connectivity index (χ3n) is 2.45. The monoisotopic (exact) mass is 338 g/mol. The van der Waals surface area contributed by atoms with Crippen LogP contribution >= 0.6 is 15.9 Å². The molecule has 2 aromatic rings. The number of hydrogen-bond donors (Lipinski definition) is 1.